The first kappa shape index (κ1) is 13.4. The fourth-order valence-electron chi connectivity index (χ4n) is 3.26. The molecule has 0 amide bonds. The third-order valence-corrected chi connectivity index (χ3v) is 7.51. The number of fused-ring (bicyclic) bond motifs is 2. The lowest BCUT2D eigenvalue weighted by Crippen LogP contribution is -2.50. The maximum absolute atomic E-state index is 12.9. The van der Waals surface area contributed by atoms with Crippen molar-refractivity contribution >= 4 is 9.84 Å². The van der Waals surface area contributed by atoms with Crippen LogP contribution in [0.25, 0.3) is 0 Å². The van der Waals surface area contributed by atoms with E-state index in [0.29, 0.717) is 12.8 Å². The molecular weight excluding hydrogens is 246 g/mol. The molecule has 2 rings (SSSR count). The van der Waals surface area contributed by atoms with E-state index in [1.165, 1.54) is 0 Å². The van der Waals surface area contributed by atoms with E-state index in [-0.39, 0.29) is 11.8 Å². The first-order chi connectivity index (χ1) is 8.30. The standard InChI is InChI=1S/C14H19NO2S/c1-4-7-13(2,3)18(16,17)14(10-15)9-11-5-6-12(14)8-11/h4-6,11-12H,1,7-9H2,2-3H3/t11-,12+,14-/m1/s1. The molecule has 4 heteroatoms. The smallest absolute Gasteiger partial charge is 0.175 e. The van der Waals surface area contributed by atoms with Crippen LogP contribution in [0.3, 0.4) is 0 Å². The quantitative estimate of drug-likeness (QED) is 0.734. The second-order valence-electron chi connectivity index (χ2n) is 5.95. The number of hydrogen-bond acceptors (Lipinski definition) is 3. The number of hydrogen-bond donors (Lipinski definition) is 0. The first-order valence-corrected chi connectivity index (χ1v) is 7.74. The first-order valence-electron chi connectivity index (χ1n) is 6.25. The lowest BCUT2D eigenvalue weighted by Gasteiger charge is -2.36. The van der Waals surface area contributed by atoms with E-state index < -0.39 is 19.3 Å². The molecule has 0 heterocycles. The largest absolute Gasteiger partial charge is 0.227 e. The van der Waals surface area contributed by atoms with Gasteiger partial charge in [-0.2, -0.15) is 5.26 Å². The zero-order chi connectivity index (χ0) is 13.6. The van der Waals surface area contributed by atoms with Crippen LogP contribution in [0.5, 0.6) is 0 Å². The molecule has 0 radical (unpaired) electrons. The van der Waals surface area contributed by atoms with Crippen molar-refractivity contribution in [2.24, 2.45) is 11.8 Å². The van der Waals surface area contributed by atoms with Gasteiger partial charge in [0.2, 0.25) is 0 Å². The molecule has 0 N–H and O–H groups in total. The molecule has 0 aromatic carbocycles. The van der Waals surface area contributed by atoms with Gasteiger partial charge < -0.3 is 0 Å². The van der Waals surface area contributed by atoms with Crippen molar-refractivity contribution in [3.63, 3.8) is 0 Å². The molecule has 2 aliphatic carbocycles. The third-order valence-electron chi connectivity index (χ3n) is 4.37. The average Bonchev–Trinajstić information content (AvgIpc) is 2.88. The van der Waals surface area contributed by atoms with Crippen LogP contribution in [0.15, 0.2) is 24.8 Å². The number of allylic oxidation sites excluding steroid dienone is 3. The van der Waals surface area contributed by atoms with Gasteiger partial charge in [0, 0.05) is 5.92 Å². The lowest BCUT2D eigenvalue weighted by atomic mass is 9.94. The number of nitrogens with zero attached hydrogens (tertiary/aromatic N) is 1. The molecule has 18 heavy (non-hydrogen) atoms. The van der Waals surface area contributed by atoms with Crippen LogP contribution < -0.4 is 0 Å². The van der Waals surface area contributed by atoms with E-state index >= 15 is 0 Å². The minimum atomic E-state index is -3.53. The molecule has 3 atom stereocenters. The summed E-state index contributed by atoms with van der Waals surface area (Å²) in [5.74, 6) is 0.116. The van der Waals surface area contributed by atoms with Gasteiger partial charge in [-0.1, -0.05) is 18.2 Å². The zero-order valence-electron chi connectivity index (χ0n) is 10.9. The molecular formula is C14H19NO2S. The maximum atomic E-state index is 12.9. The Labute approximate surface area is 109 Å². The Kier molecular flexibility index (Phi) is 2.94. The highest BCUT2D eigenvalue weighted by Crippen LogP contribution is 2.53. The fraction of sp³-hybridized carbons (Fsp3) is 0.643. The van der Waals surface area contributed by atoms with Gasteiger partial charge in [0.05, 0.1) is 10.8 Å². The molecule has 3 nitrogen and oxygen atoms in total. The predicted molar refractivity (Wildman–Crippen MR) is 71.5 cm³/mol. The van der Waals surface area contributed by atoms with Crippen molar-refractivity contribution in [1.29, 1.82) is 5.26 Å². The van der Waals surface area contributed by atoms with Crippen LogP contribution in [-0.2, 0) is 9.84 Å². The van der Waals surface area contributed by atoms with Gasteiger partial charge in [-0.25, -0.2) is 8.42 Å². The van der Waals surface area contributed by atoms with Crippen LogP contribution in [0.4, 0.5) is 0 Å². The van der Waals surface area contributed by atoms with Crippen LogP contribution in [0.2, 0.25) is 0 Å². The fourth-order valence-corrected chi connectivity index (χ4v) is 5.71. The summed E-state index contributed by atoms with van der Waals surface area (Å²) >= 11 is 0. The SMILES string of the molecule is C=CCC(C)(C)S(=O)(=O)[C@@]1(C#N)C[C@@H]2C=C[C@H]1C2. The van der Waals surface area contributed by atoms with E-state index in [2.05, 4.69) is 18.7 Å². The Balaban J connectivity index is 2.50. The highest BCUT2D eigenvalue weighted by molar-refractivity contribution is 7.94. The summed E-state index contributed by atoms with van der Waals surface area (Å²) in [6.07, 6.45) is 7.21. The predicted octanol–water partition coefficient (Wildman–Crippen LogP) is 2.61. The highest BCUT2D eigenvalue weighted by Gasteiger charge is 2.61. The normalized spacial score (nSPS) is 34.5. The lowest BCUT2D eigenvalue weighted by molar-refractivity contribution is 0.483. The summed E-state index contributed by atoms with van der Waals surface area (Å²) in [5.41, 5.74) is 0. The molecule has 2 bridgehead atoms. The van der Waals surface area contributed by atoms with Crippen molar-refractivity contribution in [2.75, 3.05) is 0 Å². The molecule has 98 valence electrons. The summed E-state index contributed by atoms with van der Waals surface area (Å²) in [7, 11) is -3.53. The van der Waals surface area contributed by atoms with Crippen LogP contribution >= 0.6 is 0 Å². The monoisotopic (exact) mass is 265 g/mol. The molecule has 0 aromatic heterocycles. The van der Waals surface area contributed by atoms with Gasteiger partial charge >= 0.3 is 0 Å². The van der Waals surface area contributed by atoms with E-state index in [1.807, 2.05) is 6.08 Å². The average molecular weight is 265 g/mol. The number of rotatable bonds is 4. The van der Waals surface area contributed by atoms with Crippen molar-refractivity contribution in [2.45, 2.75) is 42.6 Å². The Morgan fingerprint density at radius 2 is 2.22 bits per heavy atom. The summed E-state index contributed by atoms with van der Waals surface area (Å²) in [4.78, 5) is 0. The molecule has 0 aliphatic heterocycles. The maximum Gasteiger partial charge on any atom is 0.175 e. The molecule has 1 saturated carbocycles. The Morgan fingerprint density at radius 3 is 2.61 bits per heavy atom. The summed E-state index contributed by atoms with van der Waals surface area (Å²) < 4.78 is 23.6. The Bertz CT molecular complexity index is 539. The Hall–Kier alpha value is -1.08. The second-order valence-corrected chi connectivity index (χ2v) is 8.79. The van der Waals surface area contributed by atoms with Crippen LogP contribution in [0.1, 0.15) is 33.1 Å². The van der Waals surface area contributed by atoms with Crippen LogP contribution in [0, 0.1) is 23.2 Å². The molecule has 0 saturated heterocycles. The van der Waals surface area contributed by atoms with Gasteiger partial charge in [-0.15, -0.1) is 6.58 Å². The molecule has 0 unspecified atom stereocenters. The zero-order valence-corrected chi connectivity index (χ0v) is 11.7. The van der Waals surface area contributed by atoms with E-state index in [4.69, 9.17) is 0 Å². The highest BCUT2D eigenvalue weighted by atomic mass is 32.2. The van der Waals surface area contributed by atoms with Gasteiger partial charge in [0.1, 0.15) is 0 Å². The molecule has 0 aromatic rings. The van der Waals surface area contributed by atoms with Crippen LogP contribution in [-0.4, -0.2) is 17.9 Å². The van der Waals surface area contributed by atoms with Crippen molar-refractivity contribution in [3.05, 3.63) is 24.8 Å². The molecule has 2 aliphatic rings. The number of sulfone groups is 1. The third kappa shape index (κ3) is 1.50. The minimum absolute atomic E-state index is 0.137. The van der Waals surface area contributed by atoms with Crippen molar-refractivity contribution < 1.29 is 8.42 Å². The number of nitriles is 1. The van der Waals surface area contributed by atoms with Crippen molar-refractivity contribution in [1.82, 2.24) is 0 Å². The van der Waals surface area contributed by atoms with Crippen molar-refractivity contribution in [3.8, 4) is 6.07 Å². The van der Waals surface area contributed by atoms with Gasteiger partial charge in [0.15, 0.2) is 14.6 Å². The van der Waals surface area contributed by atoms with Gasteiger partial charge in [0.25, 0.3) is 0 Å². The Morgan fingerprint density at radius 1 is 1.56 bits per heavy atom. The van der Waals surface area contributed by atoms with Gasteiger partial charge in [-0.3, -0.25) is 0 Å². The topological polar surface area (TPSA) is 57.9 Å². The molecule has 0 spiro atoms. The second kappa shape index (κ2) is 3.96. The summed E-state index contributed by atoms with van der Waals surface area (Å²) in [6.45, 7) is 7.01. The minimum Gasteiger partial charge on any atom is -0.227 e. The summed E-state index contributed by atoms with van der Waals surface area (Å²) in [6, 6.07) is 2.14. The van der Waals surface area contributed by atoms with E-state index in [0.717, 1.165) is 6.42 Å². The van der Waals surface area contributed by atoms with E-state index in [9.17, 15) is 13.7 Å². The van der Waals surface area contributed by atoms with Gasteiger partial charge in [-0.05, 0) is 39.0 Å². The van der Waals surface area contributed by atoms with E-state index in [1.54, 1.807) is 19.9 Å². The summed E-state index contributed by atoms with van der Waals surface area (Å²) in [5, 5.41) is 9.52. The molecule has 1 fully saturated rings.